The molecule has 1 aliphatic heterocycles. The lowest BCUT2D eigenvalue weighted by atomic mass is 10.1. The Labute approximate surface area is 202 Å². The Bertz CT molecular complexity index is 1470. The number of anilines is 2. The minimum absolute atomic E-state index is 0.210. The van der Waals surface area contributed by atoms with E-state index in [9.17, 15) is 9.59 Å². The molecule has 0 spiro atoms. The van der Waals surface area contributed by atoms with E-state index in [0.717, 1.165) is 41.8 Å². The predicted molar refractivity (Wildman–Crippen MR) is 133 cm³/mol. The number of aryl methyl sites for hydroxylation is 1. The van der Waals surface area contributed by atoms with Crippen molar-refractivity contribution in [1.29, 1.82) is 0 Å². The lowest BCUT2D eigenvalue weighted by Crippen LogP contribution is -2.20. The van der Waals surface area contributed by atoms with Gasteiger partial charge in [0.1, 0.15) is 17.1 Å². The Morgan fingerprint density at radius 3 is 2.83 bits per heavy atom. The molecule has 5 rings (SSSR count). The molecular weight excluding hydrogens is 442 g/mol. The Morgan fingerprint density at radius 2 is 2.03 bits per heavy atom. The van der Waals surface area contributed by atoms with E-state index in [1.165, 1.54) is 12.7 Å². The normalized spacial score (nSPS) is 13.1. The van der Waals surface area contributed by atoms with Gasteiger partial charge in [0.05, 0.1) is 19.2 Å². The van der Waals surface area contributed by atoms with Crippen molar-refractivity contribution in [2.24, 2.45) is 5.73 Å². The quantitative estimate of drug-likeness (QED) is 0.257. The molecule has 8 nitrogen and oxygen atoms in total. The first-order chi connectivity index (χ1) is 17.1. The maximum Gasteiger partial charge on any atom is 0.440 e. The zero-order chi connectivity index (χ0) is 24.4. The van der Waals surface area contributed by atoms with Crippen LogP contribution in [0, 0.1) is 0 Å². The van der Waals surface area contributed by atoms with Crippen LogP contribution in [0.4, 0.5) is 17.1 Å². The van der Waals surface area contributed by atoms with E-state index in [-0.39, 0.29) is 12.1 Å². The highest BCUT2D eigenvalue weighted by atomic mass is 16.5. The molecule has 3 N–H and O–H groups in total. The molecule has 0 unspecified atom stereocenters. The molecule has 1 amide bonds. The van der Waals surface area contributed by atoms with Crippen LogP contribution in [0.3, 0.4) is 0 Å². The second-order valence-electron chi connectivity index (χ2n) is 8.41. The third kappa shape index (κ3) is 4.10. The summed E-state index contributed by atoms with van der Waals surface area (Å²) < 4.78 is 6.55. The van der Waals surface area contributed by atoms with Gasteiger partial charge in [0, 0.05) is 30.1 Å². The predicted octanol–water partition coefficient (Wildman–Crippen LogP) is 4.32. The van der Waals surface area contributed by atoms with Crippen molar-refractivity contribution in [2.45, 2.75) is 25.8 Å². The van der Waals surface area contributed by atoms with Gasteiger partial charge in [-0.15, -0.1) is 0 Å². The van der Waals surface area contributed by atoms with Gasteiger partial charge >= 0.3 is 12.0 Å². The fourth-order valence-corrected chi connectivity index (χ4v) is 4.65. The number of H-pyrrole nitrogens is 1. The second kappa shape index (κ2) is 9.54. The molecule has 0 atom stereocenters. The van der Waals surface area contributed by atoms with Crippen molar-refractivity contribution in [3.8, 4) is 5.75 Å². The number of carbonyl (C=O) groups excluding carboxylic acids is 2. The number of para-hydroxylation sites is 2. The molecular formula is C27H26N5O3+. The topological polar surface area (TPSA) is 104 Å². The van der Waals surface area contributed by atoms with E-state index in [1.54, 1.807) is 24.3 Å². The molecule has 3 aromatic carbocycles. The number of ether oxygens (including phenoxy) is 1. The van der Waals surface area contributed by atoms with Crippen LogP contribution in [0.5, 0.6) is 5.75 Å². The number of benzene rings is 3. The van der Waals surface area contributed by atoms with Crippen LogP contribution < -0.4 is 15.4 Å². The molecule has 1 aliphatic rings. The average Bonchev–Trinajstić information content (AvgIpc) is 3.21. The summed E-state index contributed by atoms with van der Waals surface area (Å²) in [4.78, 5) is 35.3. The standard InChI is InChI=1S/C27H26N5O3/c1-35-24-15-19(31-14-5-4-8-18-7-2-3-10-22(18)31)12-13-20(24)27(34)32(17-33)23-11-6-9-21-26(23)30-25(16-28)29-21/h2-3,6-7,9-13,15H,4-5,8,14,16,28H2,1H3,(H,29,30)/q+1. The number of methoxy groups -OCH3 is 1. The number of fused-ring (bicyclic) bond motifs is 2. The first-order valence-corrected chi connectivity index (χ1v) is 11.6. The summed E-state index contributed by atoms with van der Waals surface area (Å²) in [5.41, 5.74) is 10.8. The third-order valence-corrected chi connectivity index (χ3v) is 6.36. The summed E-state index contributed by atoms with van der Waals surface area (Å²) >= 11 is 0. The fraction of sp³-hybridized carbons (Fsp3) is 0.222. The van der Waals surface area contributed by atoms with Crippen molar-refractivity contribution in [3.63, 3.8) is 0 Å². The number of nitrogens with one attached hydrogen (secondary N) is 1. The third-order valence-electron chi connectivity index (χ3n) is 6.36. The van der Waals surface area contributed by atoms with Gasteiger partial charge in [0.15, 0.2) is 5.52 Å². The summed E-state index contributed by atoms with van der Waals surface area (Å²) in [7, 11) is 1.52. The molecule has 176 valence electrons. The highest BCUT2D eigenvalue weighted by Crippen LogP contribution is 2.36. The van der Waals surface area contributed by atoms with E-state index in [0.29, 0.717) is 28.3 Å². The zero-order valence-electron chi connectivity index (χ0n) is 19.5. The number of imidazole rings is 1. The van der Waals surface area contributed by atoms with Gasteiger partial charge in [-0.2, -0.15) is 4.79 Å². The van der Waals surface area contributed by atoms with E-state index >= 15 is 0 Å². The fourth-order valence-electron chi connectivity index (χ4n) is 4.65. The molecule has 0 saturated carbocycles. The van der Waals surface area contributed by atoms with Crippen molar-refractivity contribution >= 4 is 40.1 Å². The number of isocyanates is 1. The number of aromatic amines is 1. The first-order valence-electron chi connectivity index (χ1n) is 11.6. The molecule has 0 radical (unpaired) electrons. The average molecular weight is 469 g/mol. The van der Waals surface area contributed by atoms with E-state index < -0.39 is 5.91 Å². The Morgan fingerprint density at radius 1 is 1.17 bits per heavy atom. The zero-order valence-corrected chi connectivity index (χ0v) is 19.5. The molecule has 35 heavy (non-hydrogen) atoms. The van der Waals surface area contributed by atoms with Gasteiger partial charge in [-0.25, -0.2) is 9.78 Å². The van der Waals surface area contributed by atoms with Crippen molar-refractivity contribution in [3.05, 3.63) is 77.6 Å². The van der Waals surface area contributed by atoms with Gasteiger partial charge < -0.3 is 20.4 Å². The van der Waals surface area contributed by atoms with Crippen LogP contribution in [0.1, 0.15) is 34.6 Å². The van der Waals surface area contributed by atoms with Crippen LogP contribution in [0.25, 0.3) is 11.0 Å². The summed E-state index contributed by atoms with van der Waals surface area (Å²) in [6.07, 6.45) is 4.99. The number of amides is 1. The van der Waals surface area contributed by atoms with E-state index in [1.807, 2.05) is 24.3 Å². The molecule has 0 bridgehead atoms. The second-order valence-corrected chi connectivity index (χ2v) is 8.41. The first kappa shape index (κ1) is 22.5. The number of nitrogens with two attached hydrogens (primary N) is 1. The van der Waals surface area contributed by atoms with Crippen LogP contribution in [-0.4, -0.2) is 40.2 Å². The maximum atomic E-state index is 13.5. The number of nitrogens with zero attached hydrogens (tertiary/aromatic N) is 3. The van der Waals surface area contributed by atoms with E-state index in [2.05, 4.69) is 33.1 Å². The van der Waals surface area contributed by atoms with Crippen LogP contribution >= 0.6 is 0 Å². The molecule has 1 aromatic heterocycles. The molecule has 0 saturated heterocycles. The minimum Gasteiger partial charge on any atom is -0.496 e. The Hall–Kier alpha value is -4.26. The summed E-state index contributed by atoms with van der Waals surface area (Å²) in [5.74, 6) is 0.390. The SMILES string of the molecule is COc1cc(N2CCCCc3ccccc32)ccc1C(=O)[N+](=C=O)c1cccc2[nH]c(CN)nc12. The van der Waals surface area contributed by atoms with E-state index in [4.69, 9.17) is 10.5 Å². The maximum absolute atomic E-state index is 13.5. The van der Waals surface area contributed by atoms with Crippen LogP contribution in [0.2, 0.25) is 0 Å². The Balaban J connectivity index is 1.54. The summed E-state index contributed by atoms with van der Waals surface area (Å²) in [6, 6.07) is 19.0. The molecule has 2 heterocycles. The van der Waals surface area contributed by atoms with Gasteiger partial charge in [0.25, 0.3) is 5.69 Å². The number of rotatable bonds is 5. The number of hydrogen-bond donors (Lipinski definition) is 2. The van der Waals surface area contributed by atoms with Crippen molar-refractivity contribution in [2.75, 3.05) is 18.6 Å². The Kier molecular flexibility index (Phi) is 6.14. The number of aromatic nitrogens is 2. The van der Waals surface area contributed by atoms with Gasteiger partial charge in [-0.05, 0) is 53.7 Å². The van der Waals surface area contributed by atoms with Crippen LogP contribution in [-0.2, 0) is 17.8 Å². The van der Waals surface area contributed by atoms with Gasteiger partial charge in [0.2, 0.25) is 0 Å². The van der Waals surface area contributed by atoms with Crippen molar-refractivity contribution < 1.29 is 18.9 Å². The molecule has 8 heteroatoms. The lowest BCUT2D eigenvalue weighted by molar-refractivity contribution is -0.330. The summed E-state index contributed by atoms with van der Waals surface area (Å²) in [5, 5.41) is 0. The number of carbonyl (C=O) groups is 1. The van der Waals surface area contributed by atoms with Crippen molar-refractivity contribution in [1.82, 2.24) is 9.97 Å². The molecule has 4 aromatic rings. The number of hydrogen-bond acceptors (Lipinski definition) is 6. The lowest BCUT2D eigenvalue weighted by Gasteiger charge is -2.25. The van der Waals surface area contributed by atoms with Gasteiger partial charge in [-0.1, -0.05) is 24.3 Å². The highest BCUT2D eigenvalue weighted by molar-refractivity contribution is 5.97. The van der Waals surface area contributed by atoms with Crippen LogP contribution in [0.15, 0.2) is 60.7 Å². The molecule has 0 aliphatic carbocycles. The van der Waals surface area contributed by atoms with Gasteiger partial charge in [-0.3, -0.25) is 0 Å². The summed E-state index contributed by atoms with van der Waals surface area (Å²) in [6.45, 7) is 1.08. The monoisotopic (exact) mass is 468 g/mol. The highest BCUT2D eigenvalue weighted by Gasteiger charge is 2.31. The largest absolute Gasteiger partial charge is 0.496 e. The smallest absolute Gasteiger partial charge is 0.440 e. The minimum atomic E-state index is -0.551. The molecule has 0 fully saturated rings.